The predicted octanol–water partition coefficient (Wildman–Crippen LogP) is 7.95. The molecule has 0 aliphatic carbocycles. The lowest BCUT2D eigenvalue weighted by molar-refractivity contribution is -0.138. The van der Waals surface area contributed by atoms with E-state index in [2.05, 4.69) is 24.1 Å². The molecule has 2 heterocycles. The van der Waals surface area contributed by atoms with Gasteiger partial charge in [-0.15, -0.1) is 11.3 Å². The molecule has 0 spiro atoms. The number of primary amides is 1. The highest BCUT2D eigenvalue weighted by Crippen LogP contribution is 2.32. The zero-order chi connectivity index (χ0) is 30.6. The van der Waals surface area contributed by atoms with E-state index in [4.69, 9.17) is 10.5 Å². The van der Waals surface area contributed by atoms with Crippen molar-refractivity contribution in [3.05, 3.63) is 76.4 Å². The highest BCUT2D eigenvalue weighted by atomic mass is 32.1. The van der Waals surface area contributed by atoms with Crippen molar-refractivity contribution in [1.29, 1.82) is 0 Å². The van der Waals surface area contributed by atoms with Crippen LogP contribution in [0, 0.1) is 6.92 Å². The Morgan fingerprint density at radius 3 is 2.44 bits per heavy atom. The van der Waals surface area contributed by atoms with Crippen LogP contribution in [0.4, 0.5) is 13.2 Å². The van der Waals surface area contributed by atoms with Crippen LogP contribution in [0.2, 0.25) is 0 Å². The molecule has 2 aromatic heterocycles. The first-order valence-corrected chi connectivity index (χ1v) is 14.8. The van der Waals surface area contributed by atoms with Crippen LogP contribution in [-0.4, -0.2) is 34.7 Å². The number of aryl methyl sites for hydroxylation is 2. The fourth-order valence-corrected chi connectivity index (χ4v) is 5.16. The molecule has 2 aromatic carbocycles. The summed E-state index contributed by atoms with van der Waals surface area (Å²) in [5, 5.41) is 4.25. The molecule has 0 bridgehead atoms. The molecule has 4 rings (SSSR count). The normalized spacial score (nSPS) is 11.7. The number of benzene rings is 2. The molecule has 6 nitrogen and oxygen atoms in total. The fourth-order valence-electron chi connectivity index (χ4n) is 4.15. The fraction of sp³-hybridized carbons (Fsp3) is 0.419. The van der Waals surface area contributed by atoms with Gasteiger partial charge < -0.3 is 15.8 Å². The molecule has 0 aliphatic rings. The van der Waals surface area contributed by atoms with Gasteiger partial charge in [-0.2, -0.15) is 13.2 Å². The summed E-state index contributed by atoms with van der Waals surface area (Å²) in [5.74, 6) is 0.423. The lowest BCUT2D eigenvalue weighted by atomic mass is 10.1. The standard InChI is InChI=1S/C20H26N4O2S.C9H9F3.C2H6/c1-4-22-9-5-6-14(3)26-15-7-8-16-17(11-15)24(12-23-16)18-10-13(2)19(27-18)20(21)25;1-2-7-5-3-4-6-8(7)9(10,11)12;1-2/h7-8,10-12,14,22H,4-6,9H2,1-3H3,(H2,21,25);3-6H,2H2,1H3;1-2H3. The lowest BCUT2D eigenvalue weighted by Crippen LogP contribution is -2.18. The summed E-state index contributed by atoms with van der Waals surface area (Å²) in [4.78, 5) is 16.6. The van der Waals surface area contributed by atoms with E-state index in [-0.39, 0.29) is 6.10 Å². The van der Waals surface area contributed by atoms with Gasteiger partial charge in [0.05, 0.1) is 27.6 Å². The average Bonchev–Trinajstić information content (AvgIpc) is 3.55. The molecule has 3 N–H and O–H groups in total. The first kappa shape index (κ1) is 33.8. The highest BCUT2D eigenvalue weighted by Gasteiger charge is 2.32. The van der Waals surface area contributed by atoms with Gasteiger partial charge in [0.1, 0.15) is 17.1 Å². The van der Waals surface area contributed by atoms with E-state index in [1.807, 2.05) is 49.6 Å². The number of hydrogen-bond acceptors (Lipinski definition) is 5. The topological polar surface area (TPSA) is 82.2 Å². The number of fused-ring (bicyclic) bond motifs is 1. The van der Waals surface area contributed by atoms with Crippen LogP contribution in [0.1, 0.15) is 73.8 Å². The van der Waals surface area contributed by atoms with Crippen molar-refractivity contribution >= 4 is 28.3 Å². The number of ether oxygens (including phenoxy) is 1. The number of imidazole rings is 1. The Labute approximate surface area is 244 Å². The SMILES string of the molecule is CC.CCNCCCC(C)Oc1ccc2ncn(-c3cc(C)c(C(N)=O)s3)c2c1.CCc1ccccc1C(F)(F)F. The second-order valence-corrected chi connectivity index (χ2v) is 10.2. The number of nitrogens with one attached hydrogen (secondary N) is 1. The second kappa shape index (κ2) is 16.2. The molecule has 41 heavy (non-hydrogen) atoms. The van der Waals surface area contributed by atoms with Gasteiger partial charge >= 0.3 is 6.18 Å². The van der Waals surface area contributed by atoms with Crippen molar-refractivity contribution in [2.75, 3.05) is 13.1 Å². The molecule has 1 amide bonds. The maximum Gasteiger partial charge on any atom is 0.416 e. The summed E-state index contributed by atoms with van der Waals surface area (Å²) in [6, 6.07) is 13.5. The molecular formula is C31H41F3N4O2S. The first-order chi connectivity index (χ1) is 19.5. The highest BCUT2D eigenvalue weighted by molar-refractivity contribution is 7.16. The second-order valence-electron chi connectivity index (χ2n) is 9.16. The van der Waals surface area contributed by atoms with E-state index in [0.29, 0.717) is 16.9 Å². The van der Waals surface area contributed by atoms with Gasteiger partial charge in [-0.1, -0.05) is 45.9 Å². The quantitative estimate of drug-likeness (QED) is 0.184. The van der Waals surface area contributed by atoms with Crippen molar-refractivity contribution in [1.82, 2.24) is 14.9 Å². The Morgan fingerprint density at radius 1 is 1.15 bits per heavy atom. The minimum Gasteiger partial charge on any atom is -0.491 e. The van der Waals surface area contributed by atoms with Crippen LogP contribution in [0.5, 0.6) is 5.75 Å². The zero-order valence-corrected chi connectivity index (χ0v) is 25.5. The van der Waals surface area contributed by atoms with Gasteiger partial charge in [0, 0.05) is 6.07 Å². The van der Waals surface area contributed by atoms with Crippen LogP contribution >= 0.6 is 11.3 Å². The molecule has 4 aromatic rings. The maximum absolute atomic E-state index is 12.2. The van der Waals surface area contributed by atoms with E-state index in [0.717, 1.165) is 59.3 Å². The summed E-state index contributed by atoms with van der Waals surface area (Å²) in [6.07, 6.45) is 0.186. The number of thiophene rings is 1. The molecule has 0 fully saturated rings. The molecule has 1 atom stereocenters. The summed E-state index contributed by atoms with van der Waals surface area (Å²) in [6.45, 7) is 13.8. The number of aromatic nitrogens is 2. The summed E-state index contributed by atoms with van der Waals surface area (Å²) in [5.41, 5.74) is 8.00. The van der Waals surface area contributed by atoms with Crippen LogP contribution in [0.15, 0.2) is 54.9 Å². The van der Waals surface area contributed by atoms with E-state index >= 15 is 0 Å². The van der Waals surface area contributed by atoms with Crippen molar-refractivity contribution in [2.45, 2.75) is 73.1 Å². The van der Waals surface area contributed by atoms with Crippen molar-refractivity contribution < 1.29 is 22.7 Å². The van der Waals surface area contributed by atoms with Crippen molar-refractivity contribution in [3.63, 3.8) is 0 Å². The molecule has 1 unspecified atom stereocenters. The van der Waals surface area contributed by atoms with Gasteiger partial charge in [-0.3, -0.25) is 9.36 Å². The van der Waals surface area contributed by atoms with Crippen molar-refractivity contribution in [3.8, 4) is 10.8 Å². The van der Waals surface area contributed by atoms with Crippen LogP contribution in [0.3, 0.4) is 0 Å². The minimum atomic E-state index is -4.22. The number of amides is 1. The number of nitrogens with two attached hydrogens (primary N) is 1. The van der Waals surface area contributed by atoms with Gasteiger partial charge in [0.15, 0.2) is 0 Å². The Kier molecular flexibility index (Phi) is 13.3. The van der Waals surface area contributed by atoms with Gasteiger partial charge in [-0.25, -0.2) is 4.98 Å². The number of carbonyl (C=O) groups is 1. The third kappa shape index (κ3) is 9.60. The maximum atomic E-state index is 12.2. The van der Waals surface area contributed by atoms with E-state index < -0.39 is 17.6 Å². The number of carbonyl (C=O) groups excluding carboxylic acids is 1. The molecule has 224 valence electrons. The Morgan fingerprint density at radius 2 is 1.85 bits per heavy atom. The van der Waals surface area contributed by atoms with Crippen LogP contribution < -0.4 is 15.8 Å². The third-order valence-electron chi connectivity index (χ3n) is 6.14. The summed E-state index contributed by atoms with van der Waals surface area (Å²) < 4.78 is 44.8. The van der Waals surface area contributed by atoms with E-state index in [1.165, 1.54) is 23.5 Å². The Balaban J connectivity index is 0.000000352. The first-order valence-electron chi connectivity index (χ1n) is 13.9. The predicted molar refractivity (Wildman–Crippen MR) is 162 cm³/mol. The molecule has 0 aliphatic heterocycles. The zero-order valence-electron chi connectivity index (χ0n) is 24.6. The Hall–Kier alpha value is -3.37. The monoisotopic (exact) mass is 590 g/mol. The van der Waals surface area contributed by atoms with Gasteiger partial charge in [-0.05, 0) is 81.6 Å². The molecule has 10 heteroatoms. The molecule has 0 saturated carbocycles. The van der Waals surface area contributed by atoms with E-state index in [9.17, 15) is 18.0 Å². The van der Waals surface area contributed by atoms with Crippen molar-refractivity contribution in [2.24, 2.45) is 5.73 Å². The van der Waals surface area contributed by atoms with Gasteiger partial charge in [0.2, 0.25) is 0 Å². The number of halogens is 3. The number of rotatable bonds is 10. The summed E-state index contributed by atoms with van der Waals surface area (Å²) >= 11 is 1.38. The number of nitrogens with zero attached hydrogens (tertiary/aromatic N) is 2. The number of hydrogen-bond donors (Lipinski definition) is 2. The molecule has 0 saturated heterocycles. The lowest BCUT2D eigenvalue weighted by Gasteiger charge is -2.15. The van der Waals surface area contributed by atoms with Crippen LogP contribution in [0.25, 0.3) is 16.0 Å². The smallest absolute Gasteiger partial charge is 0.416 e. The molecule has 0 radical (unpaired) electrons. The minimum absolute atomic E-state index is 0.142. The van der Waals surface area contributed by atoms with E-state index in [1.54, 1.807) is 19.3 Å². The average molecular weight is 591 g/mol. The van der Waals surface area contributed by atoms with Crippen LogP contribution in [-0.2, 0) is 12.6 Å². The summed E-state index contributed by atoms with van der Waals surface area (Å²) in [7, 11) is 0. The largest absolute Gasteiger partial charge is 0.491 e. The number of alkyl halides is 3. The third-order valence-corrected chi connectivity index (χ3v) is 7.39. The molecular weight excluding hydrogens is 549 g/mol. The van der Waals surface area contributed by atoms with Gasteiger partial charge in [0.25, 0.3) is 5.91 Å². The Bertz CT molecular complexity index is 1380.